The van der Waals surface area contributed by atoms with E-state index in [9.17, 15) is 0 Å². The molecule has 132 valence electrons. The minimum atomic E-state index is 0.170. The SMILES string of the molecule is COc1cccc2cc(CNC(C)c3cccc(OC(C)C)c3)oc12. The van der Waals surface area contributed by atoms with Crippen molar-refractivity contribution in [3.63, 3.8) is 0 Å². The van der Waals surface area contributed by atoms with Crippen molar-refractivity contribution < 1.29 is 13.9 Å². The molecule has 1 aromatic heterocycles. The van der Waals surface area contributed by atoms with E-state index in [2.05, 4.69) is 30.4 Å². The summed E-state index contributed by atoms with van der Waals surface area (Å²) in [6.07, 6.45) is 0.170. The monoisotopic (exact) mass is 339 g/mol. The van der Waals surface area contributed by atoms with Crippen LogP contribution in [-0.2, 0) is 6.54 Å². The van der Waals surface area contributed by atoms with Crippen LogP contribution in [-0.4, -0.2) is 13.2 Å². The Hall–Kier alpha value is -2.46. The Balaban J connectivity index is 1.69. The molecule has 0 aliphatic rings. The first-order valence-electron chi connectivity index (χ1n) is 8.62. The van der Waals surface area contributed by atoms with Crippen LogP contribution in [0.3, 0.4) is 0 Å². The molecule has 0 fully saturated rings. The minimum Gasteiger partial charge on any atom is -0.493 e. The number of hydrogen-bond donors (Lipinski definition) is 1. The Labute approximate surface area is 148 Å². The second-order valence-corrected chi connectivity index (χ2v) is 6.43. The molecule has 0 bridgehead atoms. The summed E-state index contributed by atoms with van der Waals surface area (Å²) in [4.78, 5) is 0. The van der Waals surface area contributed by atoms with E-state index >= 15 is 0 Å². The molecule has 4 heteroatoms. The van der Waals surface area contributed by atoms with Gasteiger partial charge in [0.05, 0.1) is 19.8 Å². The third-order valence-electron chi connectivity index (χ3n) is 4.09. The van der Waals surface area contributed by atoms with Crippen molar-refractivity contribution in [1.82, 2.24) is 5.32 Å². The zero-order valence-corrected chi connectivity index (χ0v) is 15.2. The number of nitrogens with one attached hydrogen (secondary N) is 1. The molecule has 3 aromatic rings. The van der Waals surface area contributed by atoms with Gasteiger partial charge < -0.3 is 19.2 Å². The van der Waals surface area contributed by atoms with Gasteiger partial charge in [0, 0.05) is 11.4 Å². The molecule has 0 saturated heterocycles. The molecule has 3 rings (SSSR count). The highest BCUT2D eigenvalue weighted by Gasteiger charge is 2.11. The predicted molar refractivity (Wildman–Crippen MR) is 100 cm³/mol. The number of ether oxygens (including phenoxy) is 2. The van der Waals surface area contributed by atoms with Crippen LogP contribution in [0, 0.1) is 0 Å². The first-order valence-corrected chi connectivity index (χ1v) is 8.62. The van der Waals surface area contributed by atoms with E-state index in [1.807, 2.05) is 44.2 Å². The molecular weight excluding hydrogens is 314 g/mol. The molecule has 1 N–H and O–H groups in total. The highest BCUT2D eigenvalue weighted by molar-refractivity contribution is 5.83. The first-order chi connectivity index (χ1) is 12.1. The van der Waals surface area contributed by atoms with Gasteiger partial charge in [0.2, 0.25) is 0 Å². The standard InChI is InChI=1S/C21H25NO3/c1-14(2)24-18-9-5-7-16(11-18)15(3)22-13-19-12-17-8-6-10-20(23-4)21(17)25-19/h5-12,14-15,22H,13H2,1-4H3. The van der Waals surface area contributed by atoms with E-state index in [1.54, 1.807) is 7.11 Å². The van der Waals surface area contributed by atoms with Crippen molar-refractivity contribution in [1.29, 1.82) is 0 Å². The molecule has 2 aromatic carbocycles. The average molecular weight is 339 g/mol. The van der Waals surface area contributed by atoms with E-state index in [0.717, 1.165) is 28.2 Å². The fraction of sp³-hybridized carbons (Fsp3) is 0.333. The van der Waals surface area contributed by atoms with Crippen LogP contribution in [0.1, 0.15) is 38.1 Å². The first kappa shape index (κ1) is 17.4. The van der Waals surface area contributed by atoms with Crippen molar-refractivity contribution in [2.75, 3.05) is 7.11 Å². The maximum absolute atomic E-state index is 5.94. The van der Waals surface area contributed by atoms with Crippen molar-refractivity contribution in [2.45, 2.75) is 39.5 Å². The molecule has 1 unspecified atom stereocenters. The molecular formula is C21H25NO3. The van der Waals surface area contributed by atoms with Gasteiger partial charge in [0.1, 0.15) is 11.5 Å². The topological polar surface area (TPSA) is 43.6 Å². The lowest BCUT2D eigenvalue weighted by atomic mass is 10.1. The number of furan rings is 1. The Kier molecular flexibility index (Phi) is 5.29. The van der Waals surface area contributed by atoms with Gasteiger partial charge in [-0.2, -0.15) is 0 Å². The largest absolute Gasteiger partial charge is 0.493 e. The lowest BCUT2D eigenvalue weighted by molar-refractivity contribution is 0.242. The van der Waals surface area contributed by atoms with Gasteiger partial charge in [-0.3, -0.25) is 0 Å². The molecule has 25 heavy (non-hydrogen) atoms. The van der Waals surface area contributed by atoms with Crippen molar-refractivity contribution in [3.05, 3.63) is 59.9 Å². The second-order valence-electron chi connectivity index (χ2n) is 6.43. The van der Waals surface area contributed by atoms with Crippen molar-refractivity contribution in [2.24, 2.45) is 0 Å². The highest BCUT2D eigenvalue weighted by Crippen LogP contribution is 2.28. The fourth-order valence-electron chi connectivity index (χ4n) is 2.84. The quantitative estimate of drug-likeness (QED) is 0.652. The summed E-state index contributed by atoms with van der Waals surface area (Å²) in [5.41, 5.74) is 1.98. The number of benzene rings is 2. The summed E-state index contributed by atoms with van der Waals surface area (Å²) in [6.45, 7) is 6.85. The Morgan fingerprint density at radius 2 is 1.84 bits per heavy atom. The van der Waals surface area contributed by atoms with E-state index < -0.39 is 0 Å². The van der Waals surface area contributed by atoms with Crippen molar-refractivity contribution >= 4 is 11.0 Å². The number of hydrogen-bond acceptors (Lipinski definition) is 4. The van der Waals surface area contributed by atoms with E-state index in [1.165, 1.54) is 5.56 Å². The molecule has 0 aliphatic carbocycles. The highest BCUT2D eigenvalue weighted by atomic mass is 16.5. The average Bonchev–Trinajstić information content (AvgIpc) is 3.02. The smallest absolute Gasteiger partial charge is 0.176 e. The van der Waals surface area contributed by atoms with Crippen LogP contribution in [0.15, 0.2) is 52.9 Å². The van der Waals surface area contributed by atoms with E-state index in [0.29, 0.717) is 6.54 Å². The van der Waals surface area contributed by atoms with Crippen LogP contribution >= 0.6 is 0 Å². The van der Waals surface area contributed by atoms with Gasteiger partial charge in [-0.15, -0.1) is 0 Å². The van der Waals surface area contributed by atoms with Gasteiger partial charge in [-0.25, -0.2) is 0 Å². The molecule has 0 spiro atoms. The maximum atomic E-state index is 5.94. The summed E-state index contributed by atoms with van der Waals surface area (Å²) < 4.78 is 17.1. The zero-order chi connectivity index (χ0) is 17.8. The number of para-hydroxylation sites is 1. The van der Waals surface area contributed by atoms with Crippen LogP contribution in [0.2, 0.25) is 0 Å². The molecule has 0 saturated carbocycles. The summed E-state index contributed by atoms with van der Waals surface area (Å²) >= 11 is 0. The van der Waals surface area contributed by atoms with Gasteiger partial charge in [-0.05, 0) is 50.6 Å². The van der Waals surface area contributed by atoms with E-state index in [-0.39, 0.29) is 12.1 Å². The maximum Gasteiger partial charge on any atom is 0.176 e. The number of methoxy groups -OCH3 is 1. The van der Waals surface area contributed by atoms with Crippen LogP contribution in [0.5, 0.6) is 11.5 Å². The molecule has 0 aliphatic heterocycles. The van der Waals surface area contributed by atoms with Crippen LogP contribution in [0.25, 0.3) is 11.0 Å². The molecule has 4 nitrogen and oxygen atoms in total. The van der Waals surface area contributed by atoms with Crippen molar-refractivity contribution in [3.8, 4) is 11.5 Å². The van der Waals surface area contributed by atoms with E-state index in [4.69, 9.17) is 13.9 Å². The fourth-order valence-corrected chi connectivity index (χ4v) is 2.84. The normalized spacial score (nSPS) is 12.5. The summed E-state index contributed by atoms with van der Waals surface area (Å²) in [5.74, 6) is 2.55. The summed E-state index contributed by atoms with van der Waals surface area (Å²) in [6, 6.07) is 16.3. The van der Waals surface area contributed by atoms with Crippen LogP contribution < -0.4 is 14.8 Å². The van der Waals surface area contributed by atoms with Gasteiger partial charge >= 0.3 is 0 Å². The molecule has 0 amide bonds. The zero-order valence-electron chi connectivity index (χ0n) is 15.2. The summed E-state index contributed by atoms with van der Waals surface area (Å²) in [7, 11) is 1.66. The Morgan fingerprint density at radius 1 is 1.04 bits per heavy atom. The van der Waals surface area contributed by atoms with Gasteiger partial charge in [0.15, 0.2) is 11.3 Å². The summed E-state index contributed by atoms with van der Waals surface area (Å²) in [5, 5.41) is 4.56. The predicted octanol–water partition coefficient (Wildman–Crippen LogP) is 5.08. The molecule has 1 atom stereocenters. The second kappa shape index (κ2) is 7.62. The Morgan fingerprint density at radius 3 is 2.60 bits per heavy atom. The lowest BCUT2D eigenvalue weighted by Crippen LogP contribution is -2.18. The third-order valence-corrected chi connectivity index (χ3v) is 4.09. The van der Waals surface area contributed by atoms with Gasteiger partial charge in [0.25, 0.3) is 0 Å². The Bertz CT molecular complexity index is 838. The lowest BCUT2D eigenvalue weighted by Gasteiger charge is -2.16. The minimum absolute atomic E-state index is 0.170. The number of fused-ring (bicyclic) bond motifs is 1. The van der Waals surface area contributed by atoms with Crippen LogP contribution in [0.4, 0.5) is 0 Å². The molecule has 1 heterocycles. The third kappa shape index (κ3) is 4.15. The number of rotatable bonds is 7. The van der Waals surface area contributed by atoms with Gasteiger partial charge in [-0.1, -0.05) is 24.3 Å². The molecule has 0 radical (unpaired) electrons.